The van der Waals surface area contributed by atoms with Gasteiger partial charge in [-0.25, -0.2) is 4.39 Å². The van der Waals surface area contributed by atoms with Gasteiger partial charge in [-0.1, -0.05) is 53.1 Å². The number of halogens is 2. The lowest BCUT2D eigenvalue weighted by atomic mass is 9.98. The smallest absolute Gasteiger partial charge is 0.142 e. The molecule has 0 bridgehead atoms. The van der Waals surface area contributed by atoms with Gasteiger partial charge in [-0.05, 0) is 25.5 Å². The quantitative estimate of drug-likeness (QED) is 0.863. The monoisotopic (exact) mass is 264 g/mol. The van der Waals surface area contributed by atoms with E-state index in [9.17, 15) is 9.50 Å². The summed E-state index contributed by atoms with van der Waals surface area (Å²) in [6, 6.07) is 10.2. The minimum atomic E-state index is -0.910. The van der Waals surface area contributed by atoms with Crippen LogP contribution in [0, 0.1) is 19.7 Å². The molecule has 0 fully saturated rings. The van der Waals surface area contributed by atoms with Crippen LogP contribution in [0.1, 0.15) is 28.4 Å². The van der Waals surface area contributed by atoms with Crippen LogP contribution in [0.5, 0.6) is 0 Å². The summed E-state index contributed by atoms with van der Waals surface area (Å²) in [5.41, 5.74) is 3.22. The zero-order valence-electron chi connectivity index (χ0n) is 10.2. The Balaban J connectivity index is 2.47. The second kappa shape index (κ2) is 5.09. The molecule has 2 aromatic carbocycles. The molecule has 1 unspecified atom stereocenters. The van der Waals surface area contributed by atoms with E-state index in [4.69, 9.17) is 11.6 Å². The van der Waals surface area contributed by atoms with Gasteiger partial charge in [0.05, 0.1) is 5.02 Å². The second-order valence-electron chi connectivity index (χ2n) is 4.47. The van der Waals surface area contributed by atoms with Gasteiger partial charge in [-0.2, -0.15) is 0 Å². The first kappa shape index (κ1) is 13.1. The molecule has 2 aromatic rings. The van der Waals surface area contributed by atoms with Gasteiger partial charge in [0.25, 0.3) is 0 Å². The zero-order chi connectivity index (χ0) is 13.3. The molecule has 0 saturated carbocycles. The molecule has 94 valence electrons. The molecule has 0 spiro atoms. The van der Waals surface area contributed by atoms with Crippen LogP contribution in [-0.4, -0.2) is 5.11 Å². The van der Waals surface area contributed by atoms with Gasteiger partial charge in [0.15, 0.2) is 0 Å². The molecule has 1 atom stereocenters. The van der Waals surface area contributed by atoms with E-state index in [0.29, 0.717) is 5.56 Å². The molecule has 0 radical (unpaired) electrons. The maximum Gasteiger partial charge on any atom is 0.142 e. The lowest BCUT2D eigenvalue weighted by molar-refractivity contribution is 0.220. The highest BCUT2D eigenvalue weighted by molar-refractivity contribution is 6.31. The number of benzene rings is 2. The van der Waals surface area contributed by atoms with Crippen molar-refractivity contribution < 1.29 is 9.50 Å². The highest BCUT2D eigenvalue weighted by atomic mass is 35.5. The van der Waals surface area contributed by atoms with Gasteiger partial charge < -0.3 is 5.11 Å². The molecule has 1 N–H and O–H groups in total. The third-order valence-electron chi connectivity index (χ3n) is 2.84. The van der Waals surface area contributed by atoms with E-state index < -0.39 is 11.9 Å². The summed E-state index contributed by atoms with van der Waals surface area (Å²) in [6.45, 7) is 3.91. The normalized spacial score (nSPS) is 12.5. The van der Waals surface area contributed by atoms with Crippen LogP contribution in [0.2, 0.25) is 5.02 Å². The molecule has 2 rings (SSSR count). The second-order valence-corrected chi connectivity index (χ2v) is 4.84. The van der Waals surface area contributed by atoms with Crippen molar-refractivity contribution in [2.24, 2.45) is 0 Å². The fourth-order valence-corrected chi connectivity index (χ4v) is 2.31. The molecule has 0 heterocycles. The standard InChI is InChI=1S/C15H14ClFO/c1-9-6-10(2)8-11(7-9)15(18)12-4-3-5-13(17)14(12)16/h3-8,15,18H,1-2H3. The summed E-state index contributed by atoms with van der Waals surface area (Å²) in [5.74, 6) is -0.516. The van der Waals surface area contributed by atoms with Crippen LogP contribution >= 0.6 is 11.6 Å². The van der Waals surface area contributed by atoms with Crippen molar-refractivity contribution in [3.63, 3.8) is 0 Å². The molecular weight excluding hydrogens is 251 g/mol. The van der Waals surface area contributed by atoms with Crippen molar-refractivity contribution in [1.82, 2.24) is 0 Å². The van der Waals surface area contributed by atoms with Gasteiger partial charge in [0, 0.05) is 5.56 Å². The molecule has 3 heteroatoms. The first-order valence-corrected chi connectivity index (χ1v) is 6.07. The molecule has 0 aromatic heterocycles. The minimum absolute atomic E-state index is 0.0239. The van der Waals surface area contributed by atoms with Gasteiger partial charge in [-0.3, -0.25) is 0 Å². The van der Waals surface area contributed by atoms with Crippen molar-refractivity contribution in [2.75, 3.05) is 0 Å². The van der Waals surface area contributed by atoms with Crippen LogP contribution in [0.4, 0.5) is 4.39 Å². The van der Waals surface area contributed by atoms with Crippen molar-refractivity contribution in [3.8, 4) is 0 Å². The summed E-state index contributed by atoms with van der Waals surface area (Å²) < 4.78 is 13.4. The lowest BCUT2D eigenvalue weighted by Gasteiger charge is -2.15. The van der Waals surface area contributed by atoms with Crippen molar-refractivity contribution >= 4 is 11.6 Å². The fourth-order valence-electron chi connectivity index (χ4n) is 2.08. The van der Waals surface area contributed by atoms with Crippen LogP contribution in [-0.2, 0) is 0 Å². The molecule has 0 amide bonds. The average Bonchev–Trinajstić information content (AvgIpc) is 2.30. The van der Waals surface area contributed by atoms with Crippen LogP contribution in [0.15, 0.2) is 36.4 Å². The average molecular weight is 265 g/mol. The Labute approximate surface area is 111 Å². The van der Waals surface area contributed by atoms with Crippen molar-refractivity contribution in [3.05, 3.63) is 69.5 Å². The van der Waals surface area contributed by atoms with Crippen LogP contribution < -0.4 is 0 Å². The minimum Gasteiger partial charge on any atom is -0.384 e. The van der Waals surface area contributed by atoms with Crippen LogP contribution in [0.3, 0.4) is 0 Å². The molecule has 0 aliphatic rings. The van der Waals surface area contributed by atoms with Gasteiger partial charge >= 0.3 is 0 Å². The summed E-state index contributed by atoms with van der Waals surface area (Å²) in [6.07, 6.45) is -0.910. The Morgan fingerprint density at radius 2 is 1.72 bits per heavy atom. The molecule has 1 nitrogen and oxygen atoms in total. The largest absolute Gasteiger partial charge is 0.384 e. The van der Waals surface area contributed by atoms with E-state index in [2.05, 4.69) is 0 Å². The van der Waals surface area contributed by atoms with Crippen LogP contribution in [0.25, 0.3) is 0 Å². The van der Waals surface area contributed by atoms with E-state index in [1.807, 2.05) is 32.0 Å². The number of rotatable bonds is 2. The van der Waals surface area contributed by atoms with E-state index in [1.165, 1.54) is 6.07 Å². The SMILES string of the molecule is Cc1cc(C)cc(C(O)c2cccc(F)c2Cl)c1. The molecule has 0 saturated heterocycles. The zero-order valence-corrected chi connectivity index (χ0v) is 11.0. The van der Waals surface area contributed by atoms with E-state index >= 15 is 0 Å². The number of hydrogen-bond acceptors (Lipinski definition) is 1. The van der Waals surface area contributed by atoms with Gasteiger partial charge in [-0.15, -0.1) is 0 Å². The third-order valence-corrected chi connectivity index (χ3v) is 3.23. The predicted octanol–water partition coefficient (Wildman–Crippen LogP) is 4.18. The summed E-state index contributed by atoms with van der Waals surface area (Å²) in [4.78, 5) is 0. The van der Waals surface area contributed by atoms with Gasteiger partial charge in [0.1, 0.15) is 11.9 Å². The highest BCUT2D eigenvalue weighted by Gasteiger charge is 2.16. The summed E-state index contributed by atoms with van der Waals surface area (Å²) >= 11 is 5.88. The summed E-state index contributed by atoms with van der Waals surface area (Å²) in [7, 11) is 0. The molecule has 0 aliphatic heterocycles. The highest BCUT2D eigenvalue weighted by Crippen LogP contribution is 2.30. The van der Waals surface area contributed by atoms with E-state index in [1.54, 1.807) is 12.1 Å². The topological polar surface area (TPSA) is 20.2 Å². The van der Waals surface area contributed by atoms with Crippen molar-refractivity contribution in [1.29, 1.82) is 0 Å². The maximum absolute atomic E-state index is 13.4. The predicted molar refractivity (Wildman–Crippen MR) is 71.4 cm³/mol. The third kappa shape index (κ3) is 2.55. The number of hydrogen-bond donors (Lipinski definition) is 1. The Morgan fingerprint density at radius 3 is 2.33 bits per heavy atom. The number of aliphatic hydroxyl groups is 1. The van der Waals surface area contributed by atoms with Gasteiger partial charge in [0.2, 0.25) is 0 Å². The van der Waals surface area contributed by atoms with E-state index in [-0.39, 0.29) is 5.02 Å². The molecule has 18 heavy (non-hydrogen) atoms. The number of aliphatic hydroxyl groups excluding tert-OH is 1. The Hall–Kier alpha value is -1.38. The van der Waals surface area contributed by atoms with E-state index in [0.717, 1.165) is 16.7 Å². The summed E-state index contributed by atoms with van der Waals surface area (Å²) in [5, 5.41) is 10.3. The molecular formula is C15H14ClFO. The Bertz CT molecular complexity index is 560. The lowest BCUT2D eigenvalue weighted by Crippen LogP contribution is -2.02. The van der Waals surface area contributed by atoms with Crippen molar-refractivity contribution in [2.45, 2.75) is 20.0 Å². The first-order chi connectivity index (χ1) is 8.49. The Kier molecular flexibility index (Phi) is 3.69. The Morgan fingerprint density at radius 1 is 1.11 bits per heavy atom. The maximum atomic E-state index is 13.4. The fraction of sp³-hybridized carbons (Fsp3) is 0.200. The number of aryl methyl sites for hydroxylation is 2. The molecule has 0 aliphatic carbocycles. The first-order valence-electron chi connectivity index (χ1n) is 5.69.